The summed E-state index contributed by atoms with van der Waals surface area (Å²) in [5.74, 6) is 0.509. The van der Waals surface area contributed by atoms with Crippen molar-refractivity contribution in [3.8, 4) is 28.3 Å². The van der Waals surface area contributed by atoms with Gasteiger partial charge in [-0.2, -0.15) is 5.10 Å². The Hall–Kier alpha value is -4.06. The van der Waals surface area contributed by atoms with E-state index >= 15 is 0 Å². The van der Waals surface area contributed by atoms with E-state index in [1.807, 2.05) is 60.7 Å². The van der Waals surface area contributed by atoms with Crippen LogP contribution in [0.4, 0.5) is 5.95 Å². The van der Waals surface area contributed by atoms with Gasteiger partial charge >= 0.3 is 0 Å². The molecule has 0 bridgehead atoms. The third-order valence-corrected chi connectivity index (χ3v) is 4.05. The van der Waals surface area contributed by atoms with Crippen molar-refractivity contribution < 1.29 is 5.11 Å². The van der Waals surface area contributed by atoms with E-state index < -0.39 is 0 Å². The van der Waals surface area contributed by atoms with Gasteiger partial charge in [0.15, 0.2) is 0 Å². The average molecular weight is 367 g/mol. The van der Waals surface area contributed by atoms with Crippen LogP contribution >= 0.6 is 0 Å². The van der Waals surface area contributed by atoms with Crippen LogP contribution in [0.5, 0.6) is 5.75 Å². The van der Waals surface area contributed by atoms with E-state index in [0.29, 0.717) is 11.6 Å². The molecule has 4 rings (SSSR count). The Morgan fingerprint density at radius 3 is 1.96 bits per heavy atom. The first kappa shape index (κ1) is 17.4. The average Bonchev–Trinajstić information content (AvgIpc) is 2.76. The highest BCUT2D eigenvalue weighted by molar-refractivity contribution is 5.80. The standard InChI is InChI=1S/C22H17N5O/c28-19-13-11-16(12-14-19)15-23-26-22-24-20(17-7-3-1-4-8-17)21(25-27-22)18-9-5-2-6-10-18/h1-15,28H,(H,24,26,27). The van der Waals surface area contributed by atoms with Crippen molar-refractivity contribution in [1.82, 2.24) is 15.2 Å². The molecule has 0 fully saturated rings. The number of benzene rings is 3. The summed E-state index contributed by atoms with van der Waals surface area (Å²) in [6.07, 6.45) is 1.62. The van der Waals surface area contributed by atoms with Gasteiger partial charge in [-0.15, -0.1) is 10.2 Å². The molecule has 0 spiro atoms. The summed E-state index contributed by atoms with van der Waals surface area (Å²) in [6, 6.07) is 26.4. The largest absolute Gasteiger partial charge is 0.508 e. The van der Waals surface area contributed by atoms with Crippen LogP contribution in [0.15, 0.2) is 90.0 Å². The molecule has 6 heteroatoms. The minimum absolute atomic E-state index is 0.210. The van der Waals surface area contributed by atoms with Crippen LogP contribution in [0.3, 0.4) is 0 Å². The first-order valence-corrected chi connectivity index (χ1v) is 8.73. The molecule has 0 aliphatic rings. The molecule has 0 aliphatic carbocycles. The molecular weight excluding hydrogens is 350 g/mol. The van der Waals surface area contributed by atoms with Crippen LogP contribution in [0.25, 0.3) is 22.5 Å². The Labute approximate surface area is 162 Å². The highest BCUT2D eigenvalue weighted by Crippen LogP contribution is 2.28. The van der Waals surface area contributed by atoms with Crippen molar-refractivity contribution in [1.29, 1.82) is 0 Å². The first-order valence-electron chi connectivity index (χ1n) is 8.73. The van der Waals surface area contributed by atoms with Crippen molar-refractivity contribution in [2.45, 2.75) is 0 Å². The molecule has 0 atom stereocenters. The highest BCUT2D eigenvalue weighted by atomic mass is 16.3. The van der Waals surface area contributed by atoms with Crippen molar-refractivity contribution in [3.63, 3.8) is 0 Å². The molecule has 0 amide bonds. The maximum absolute atomic E-state index is 9.33. The molecule has 0 aliphatic heterocycles. The number of phenolic OH excluding ortho intramolecular Hbond substituents is 1. The molecule has 4 aromatic rings. The lowest BCUT2D eigenvalue weighted by molar-refractivity contribution is 0.475. The van der Waals surface area contributed by atoms with Crippen molar-refractivity contribution in [2.75, 3.05) is 5.43 Å². The van der Waals surface area contributed by atoms with E-state index in [1.165, 1.54) is 0 Å². The number of nitrogens with one attached hydrogen (secondary N) is 1. The third kappa shape index (κ3) is 4.02. The zero-order chi connectivity index (χ0) is 19.2. The zero-order valence-corrected chi connectivity index (χ0v) is 14.9. The zero-order valence-electron chi connectivity index (χ0n) is 14.9. The molecule has 3 aromatic carbocycles. The molecule has 136 valence electrons. The summed E-state index contributed by atoms with van der Waals surface area (Å²) >= 11 is 0. The number of rotatable bonds is 5. The SMILES string of the molecule is Oc1ccc(C=NNc2nnc(-c3ccccc3)c(-c3ccccc3)n2)cc1. The van der Waals surface area contributed by atoms with Gasteiger partial charge < -0.3 is 5.11 Å². The normalized spacial score (nSPS) is 10.9. The molecule has 28 heavy (non-hydrogen) atoms. The smallest absolute Gasteiger partial charge is 0.263 e. The number of anilines is 1. The summed E-state index contributed by atoms with van der Waals surface area (Å²) in [4.78, 5) is 4.63. The maximum Gasteiger partial charge on any atom is 0.263 e. The number of nitrogens with zero attached hydrogens (tertiary/aromatic N) is 4. The van der Waals surface area contributed by atoms with Crippen LogP contribution in [-0.4, -0.2) is 26.5 Å². The summed E-state index contributed by atoms with van der Waals surface area (Å²) in [5.41, 5.74) is 6.98. The summed E-state index contributed by atoms with van der Waals surface area (Å²) in [5, 5.41) is 22.0. The van der Waals surface area contributed by atoms with Crippen LogP contribution < -0.4 is 5.43 Å². The Balaban J connectivity index is 1.65. The molecule has 0 unspecified atom stereocenters. The lowest BCUT2D eigenvalue weighted by Gasteiger charge is -2.09. The molecule has 0 saturated carbocycles. The minimum Gasteiger partial charge on any atom is -0.508 e. The number of hydrazone groups is 1. The van der Waals surface area contributed by atoms with Crippen LogP contribution in [0.2, 0.25) is 0 Å². The van der Waals surface area contributed by atoms with Gasteiger partial charge in [-0.25, -0.2) is 10.4 Å². The molecule has 0 saturated heterocycles. The van der Waals surface area contributed by atoms with Crippen molar-refractivity contribution in [3.05, 3.63) is 90.5 Å². The summed E-state index contributed by atoms with van der Waals surface area (Å²) in [7, 11) is 0. The Morgan fingerprint density at radius 1 is 0.714 bits per heavy atom. The van der Waals surface area contributed by atoms with Gasteiger partial charge in [-0.05, 0) is 29.8 Å². The number of hydrogen-bond acceptors (Lipinski definition) is 6. The van der Waals surface area contributed by atoms with Gasteiger partial charge in [0.2, 0.25) is 0 Å². The topological polar surface area (TPSA) is 83.3 Å². The van der Waals surface area contributed by atoms with E-state index in [2.05, 4.69) is 25.7 Å². The summed E-state index contributed by atoms with van der Waals surface area (Å²) in [6.45, 7) is 0. The van der Waals surface area contributed by atoms with Gasteiger partial charge in [-0.1, -0.05) is 60.7 Å². The minimum atomic E-state index is 0.210. The Morgan fingerprint density at radius 2 is 1.32 bits per heavy atom. The second-order valence-corrected chi connectivity index (χ2v) is 6.03. The van der Waals surface area contributed by atoms with E-state index in [1.54, 1.807) is 30.5 Å². The Bertz CT molecular complexity index is 1080. The maximum atomic E-state index is 9.33. The van der Waals surface area contributed by atoms with Gasteiger partial charge in [0.05, 0.1) is 6.21 Å². The van der Waals surface area contributed by atoms with Crippen molar-refractivity contribution >= 4 is 12.2 Å². The van der Waals surface area contributed by atoms with Gasteiger partial charge in [0.25, 0.3) is 5.95 Å². The second kappa shape index (κ2) is 8.09. The molecule has 1 aromatic heterocycles. The second-order valence-electron chi connectivity index (χ2n) is 6.03. The molecule has 2 N–H and O–H groups in total. The van der Waals surface area contributed by atoms with Gasteiger partial charge in [0, 0.05) is 11.1 Å². The predicted molar refractivity (Wildman–Crippen MR) is 110 cm³/mol. The monoisotopic (exact) mass is 367 g/mol. The van der Waals surface area contributed by atoms with Crippen molar-refractivity contribution in [2.24, 2.45) is 5.10 Å². The number of phenols is 1. The summed E-state index contributed by atoms with van der Waals surface area (Å²) < 4.78 is 0. The van der Waals surface area contributed by atoms with Gasteiger partial charge in [-0.3, -0.25) is 0 Å². The predicted octanol–water partition coefficient (Wildman–Crippen LogP) is 4.36. The van der Waals surface area contributed by atoms with E-state index in [0.717, 1.165) is 22.4 Å². The molecule has 6 nitrogen and oxygen atoms in total. The lowest BCUT2D eigenvalue weighted by Crippen LogP contribution is -2.03. The number of aromatic hydroxyl groups is 1. The van der Waals surface area contributed by atoms with E-state index in [-0.39, 0.29) is 5.75 Å². The highest BCUT2D eigenvalue weighted by Gasteiger charge is 2.13. The first-order chi connectivity index (χ1) is 13.8. The van der Waals surface area contributed by atoms with Gasteiger partial charge in [0.1, 0.15) is 17.1 Å². The van der Waals surface area contributed by atoms with Crippen LogP contribution in [0, 0.1) is 0 Å². The quantitative estimate of drug-likeness (QED) is 0.404. The number of aromatic nitrogens is 3. The fraction of sp³-hybridized carbons (Fsp3) is 0. The molecule has 1 heterocycles. The third-order valence-electron chi connectivity index (χ3n) is 4.05. The van der Waals surface area contributed by atoms with Crippen LogP contribution in [-0.2, 0) is 0 Å². The van der Waals surface area contributed by atoms with E-state index in [9.17, 15) is 5.11 Å². The number of hydrogen-bond donors (Lipinski definition) is 2. The molecule has 0 radical (unpaired) electrons. The van der Waals surface area contributed by atoms with E-state index in [4.69, 9.17) is 0 Å². The van der Waals surface area contributed by atoms with Crippen LogP contribution in [0.1, 0.15) is 5.56 Å². The lowest BCUT2D eigenvalue weighted by atomic mass is 10.0. The molecular formula is C22H17N5O. The fourth-order valence-corrected chi connectivity index (χ4v) is 2.69. The Kier molecular flexibility index (Phi) is 5.02. The fourth-order valence-electron chi connectivity index (χ4n) is 2.69.